The van der Waals surface area contributed by atoms with Crippen molar-refractivity contribution >= 4 is 26.6 Å². The molecule has 0 radical (unpaired) electrons. The van der Waals surface area contributed by atoms with Gasteiger partial charge in [0.25, 0.3) is 0 Å². The minimum atomic E-state index is -3.58. The smallest absolute Gasteiger partial charge is 0.242 e. The van der Waals surface area contributed by atoms with E-state index in [1.165, 1.54) is 6.20 Å². The fourth-order valence-electron chi connectivity index (χ4n) is 2.28. The molecule has 1 heterocycles. The van der Waals surface area contributed by atoms with Gasteiger partial charge in [-0.3, -0.25) is 0 Å². The van der Waals surface area contributed by atoms with E-state index >= 15 is 0 Å². The van der Waals surface area contributed by atoms with Gasteiger partial charge in [-0.2, -0.15) is 0 Å². The first-order chi connectivity index (χ1) is 9.97. The van der Waals surface area contributed by atoms with E-state index in [4.69, 9.17) is 10.8 Å². The highest BCUT2D eigenvalue weighted by atomic mass is 32.2. The predicted molar refractivity (Wildman–Crippen MR) is 83.4 cm³/mol. The summed E-state index contributed by atoms with van der Waals surface area (Å²) < 4.78 is 27.4. The van der Waals surface area contributed by atoms with Gasteiger partial charge in [0.15, 0.2) is 0 Å². The standard InChI is InChI=1S/C14H21N3O3S/c1-2-10(5-6-18)8-17-21(19,20)14-9-16-13-7-11(15)3-4-12(13)14/h3-4,7,9-10,16-18H,2,5-6,8,15H2,1H3. The van der Waals surface area contributed by atoms with Crippen molar-refractivity contribution in [3.8, 4) is 0 Å². The van der Waals surface area contributed by atoms with Crippen LogP contribution in [0.15, 0.2) is 29.3 Å². The van der Waals surface area contributed by atoms with E-state index in [0.717, 1.165) is 6.42 Å². The molecule has 0 aliphatic heterocycles. The molecule has 2 rings (SSSR count). The zero-order chi connectivity index (χ0) is 15.5. The lowest BCUT2D eigenvalue weighted by Gasteiger charge is -2.14. The van der Waals surface area contributed by atoms with Gasteiger partial charge < -0.3 is 15.8 Å². The largest absolute Gasteiger partial charge is 0.399 e. The van der Waals surface area contributed by atoms with Crippen LogP contribution >= 0.6 is 0 Å². The predicted octanol–water partition coefficient (Wildman–Crippen LogP) is 1.44. The van der Waals surface area contributed by atoms with Crippen molar-refractivity contribution in [2.24, 2.45) is 5.92 Å². The van der Waals surface area contributed by atoms with Crippen LogP contribution in [0.2, 0.25) is 0 Å². The number of aromatic amines is 1. The number of benzene rings is 1. The molecule has 0 bridgehead atoms. The number of aliphatic hydroxyl groups is 1. The Balaban J connectivity index is 2.22. The van der Waals surface area contributed by atoms with Crippen LogP contribution in [0, 0.1) is 5.92 Å². The molecule has 0 fully saturated rings. The number of fused-ring (bicyclic) bond motifs is 1. The molecule has 1 atom stereocenters. The molecule has 116 valence electrons. The van der Waals surface area contributed by atoms with Gasteiger partial charge in [0.05, 0.1) is 0 Å². The molecule has 0 saturated heterocycles. The summed E-state index contributed by atoms with van der Waals surface area (Å²) in [5.41, 5.74) is 6.95. The van der Waals surface area contributed by atoms with Gasteiger partial charge in [0, 0.05) is 35.9 Å². The Labute approximate surface area is 124 Å². The van der Waals surface area contributed by atoms with Crippen molar-refractivity contribution < 1.29 is 13.5 Å². The zero-order valence-electron chi connectivity index (χ0n) is 12.0. The third kappa shape index (κ3) is 3.55. The van der Waals surface area contributed by atoms with E-state index in [0.29, 0.717) is 29.6 Å². The molecule has 1 unspecified atom stereocenters. The van der Waals surface area contributed by atoms with Gasteiger partial charge in [-0.05, 0) is 30.5 Å². The summed E-state index contributed by atoms with van der Waals surface area (Å²) in [7, 11) is -3.58. The van der Waals surface area contributed by atoms with Gasteiger partial charge in [-0.15, -0.1) is 0 Å². The summed E-state index contributed by atoms with van der Waals surface area (Å²) in [6, 6.07) is 5.07. The van der Waals surface area contributed by atoms with Gasteiger partial charge >= 0.3 is 0 Å². The Morgan fingerprint density at radius 2 is 2.19 bits per heavy atom. The van der Waals surface area contributed by atoms with Crippen LogP contribution in [0.3, 0.4) is 0 Å². The lowest BCUT2D eigenvalue weighted by Crippen LogP contribution is -2.29. The summed E-state index contributed by atoms with van der Waals surface area (Å²) in [5.74, 6) is 0.130. The van der Waals surface area contributed by atoms with Crippen molar-refractivity contribution in [1.82, 2.24) is 9.71 Å². The van der Waals surface area contributed by atoms with Crippen LogP contribution in [0.25, 0.3) is 10.9 Å². The number of aromatic nitrogens is 1. The Hall–Kier alpha value is -1.57. The number of nitrogens with one attached hydrogen (secondary N) is 2. The van der Waals surface area contributed by atoms with Gasteiger partial charge in [-0.25, -0.2) is 13.1 Å². The summed E-state index contributed by atoms with van der Waals surface area (Å²) in [6.07, 6.45) is 2.87. The van der Waals surface area contributed by atoms with Crippen molar-refractivity contribution in [2.45, 2.75) is 24.7 Å². The number of hydrogen-bond donors (Lipinski definition) is 4. The lowest BCUT2D eigenvalue weighted by molar-refractivity contribution is 0.254. The fourth-order valence-corrected chi connectivity index (χ4v) is 3.57. The molecule has 7 heteroatoms. The first-order valence-corrected chi connectivity index (χ1v) is 8.43. The second kappa shape index (κ2) is 6.46. The van der Waals surface area contributed by atoms with E-state index in [1.807, 2.05) is 6.92 Å². The molecule has 1 aromatic heterocycles. The summed E-state index contributed by atoms with van der Waals surface area (Å²) >= 11 is 0. The summed E-state index contributed by atoms with van der Waals surface area (Å²) in [4.78, 5) is 3.14. The molecule has 21 heavy (non-hydrogen) atoms. The van der Waals surface area contributed by atoms with Crippen molar-refractivity contribution in [2.75, 3.05) is 18.9 Å². The maximum Gasteiger partial charge on any atom is 0.242 e. The Bertz CT molecular complexity index is 709. The molecule has 6 nitrogen and oxygen atoms in total. The number of nitrogens with two attached hydrogens (primary N) is 1. The molecular weight excluding hydrogens is 290 g/mol. The number of anilines is 1. The number of sulfonamides is 1. The highest BCUT2D eigenvalue weighted by molar-refractivity contribution is 7.89. The number of H-pyrrole nitrogens is 1. The maximum atomic E-state index is 12.4. The molecule has 2 aromatic rings. The second-order valence-corrected chi connectivity index (χ2v) is 6.83. The van der Waals surface area contributed by atoms with Gasteiger partial charge in [0.2, 0.25) is 10.0 Å². The third-order valence-corrected chi connectivity index (χ3v) is 5.10. The average molecular weight is 311 g/mol. The van der Waals surface area contributed by atoms with Crippen LogP contribution in [-0.4, -0.2) is 31.7 Å². The van der Waals surface area contributed by atoms with Crippen LogP contribution in [0.1, 0.15) is 19.8 Å². The van der Waals surface area contributed by atoms with Crippen LogP contribution < -0.4 is 10.5 Å². The normalized spacial score (nSPS) is 13.6. The second-order valence-electron chi connectivity index (χ2n) is 5.10. The molecule has 1 aromatic carbocycles. The van der Waals surface area contributed by atoms with E-state index in [1.54, 1.807) is 18.2 Å². The SMILES string of the molecule is CCC(CCO)CNS(=O)(=O)c1c[nH]c2cc(N)ccc12. The van der Waals surface area contributed by atoms with Gasteiger partial charge in [-0.1, -0.05) is 13.3 Å². The molecular formula is C14H21N3O3S. The topological polar surface area (TPSA) is 108 Å². The number of hydrogen-bond acceptors (Lipinski definition) is 4. The molecule has 0 aliphatic rings. The van der Waals surface area contributed by atoms with Crippen molar-refractivity contribution in [3.05, 3.63) is 24.4 Å². The molecule has 0 amide bonds. The first-order valence-electron chi connectivity index (χ1n) is 6.95. The molecule has 0 aliphatic carbocycles. The molecule has 5 N–H and O–H groups in total. The maximum absolute atomic E-state index is 12.4. The van der Waals surface area contributed by atoms with E-state index in [2.05, 4.69) is 9.71 Å². The van der Waals surface area contributed by atoms with Crippen molar-refractivity contribution in [3.63, 3.8) is 0 Å². The van der Waals surface area contributed by atoms with Crippen LogP contribution in [0.4, 0.5) is 5.69 Å². The van der Waals surface area contributed by atoms with Crippen LogP contribution in [-0.2, 0) is 10.0 Å². The highest BCUT2D eigenvalue weighted by Gasteiger charge is 2.20. The Morgan fingerprint density at radius 1 is 1.43 bits per heavy atom. The average Bonchev–Trinajstić information content (AvgIpc) is 2.87. The van der Waals surface area contributed by atoms with Crippen molar-refractivity contribution in [1.29, 1.82) is 0 Å². The quantitative estimate of drug-likeness (QED) is 0.580. The monoisotopic (exact) mass is 311 g/mol. The summed E-state index contributed by atoms with van der Waals surface area (Å²) in [5, 5.41) is 9.57. The Morgan fingerprint density at radius 3 is 2.86 bits per heavy atom. The third-order valence-electron chi connectivity index (χ3n) is 3.63. The van der Waals surface area contributed by atoms with Gasteiger partial charge in [0.1, 0.15) is 4.90 Å². The number of nitrogen functional groups attached to an aromatic ring is 1. The first kappa shape index (κ1) is 15.8. The summed E-state index contributed by atoms with van der Waals surface area (Å²) in [6.45, 7) is 2.36. The zero-order valence-corrected chi connectivity index (χ0v) is 12.8. The minimum Gasteiger partial charge on any atom is -0.399 e. The van der Waals surface area contributed by atoms with E-state index < -0.39 is 10.0 Å². The van der Waals surface area contributed by atoms with E-state index in [9.17, 15) is 8.42 Å². The van der Waals surface area contributed by atoms with E-state index in [-0.39, 0.29) is 17.4 Å². The number of aliphatic hydroxyl groups excluding tert-OH is 1. The Kier molecular flexibility index (Phi) is 4.87. The lowest BCUT2D eigenvalue weighted by atomic mass is 10.0. The van der Waals surface area contributed by atoms with Crippen LogP contribution in [0.5, 0.6) is 0 Å². The minimum absolute atomic E-state index is 0.0621. The highest BCUT2D eigenvalue weighted by Crippen LogP contribution is 2.24. The number of rotatable bonds is 7. The fraction of sp³-hybridized carbons (Fsp3) is 0.429. The molecule has 0 saturated carbocycles. The molecule has 0 spiro atoms.